The van der Waals surface area contributed by atoms with E-state index in [2.05, 4.69) is 19.6 Å². The summed E-state index contributed by atoms with van der Waals surface area (Å²) < 4.78 is 45.0. The molecule has 3 aromatic rings. The highest BCUT2D eigenvalue weighted by Gasteiger charge is 2.29. The molecule has 0 amide bonds. The number of allylic oxidation sites excluding steroid dienone is 3. The van der Waals surface area contributed by atoms with Gasteiger partial charge < -0.3 is 0 Å². The van der Waals surface area contributed by atoms with Gasteiger partial charge in [0.15, 0.2) is 11.6 Å². The summed E-state index contributed by atoms with van der Waals surface area (Å²) in [6, 6.07) is 16.1. The second-order valence-electron chi connectivity index (χ2n) is 12.5. The topological polar surface area (TPSA) is 0 Å². The summed E-state index contributed by atoms with van der Waals surface area (Å²) in [5, 5.41) is 0. The first-order chi connectivity index (χ1) is 20.5. The maximum Gasteiger partial charge on any atom is 0.166 e. The molecule has 0 aliphatic heterocycles. The van der Waals surface area contributed by atoms with E-state index < -0.39 is 11.6 Å². The molecule has 1 unspecified atom stereocenters. The molecule has 1 saturated carbocycles. The van der Waals surface area contributed by atoms with Crippen molar-refractivity contribution in [3.63, 3.8) is 0 Å². The van der Waals surface area contributed by atoms with Gasteiger partial charge in [-0.05, 0) is 109 Å². The Labute approximate surface area is 250 Å². The molecule has 0 aromatic heterocycles. The summed E-state index contributed by atoms with van der Waals surface area (Å²) in [4.78, 5) is 0. The van der Waals surface area contributed by atoms with Crippen LogP contribution in [0, 0.1) is 35.2 Å². The van der Waals surface area contributed by atoms with Crippen LogP contribution in [0.4, 0.5) is 13.2 Å². The van der Waals surface area contributed by atoms with E-state index in [1.54, 1.807) is 30.3 Å². The Hall–Kier alpha value is -3.07. The molecule has 222 valence electrons. The highest BCUT2D eigenvalue weighted by molar-refractivity contribution is 5.74. The summed E-state index contributed by atoms with van der Waals surface area (Å²) in [6.07, 6.45) is 18.7. The minimum Gasteiger partial charge on any atom is -0.206 e. The Bertz CT molecular complexity index is 1380. The van der Waals surface area contributed by atoms with Crippen molar-refractivity contribution in [2.75, 3.05) is 0 Å². The third-order valence-electron chi connectivity index (χ3n) is 9.84. The molecular weight excluding hydrogens is 525 g/mol. The monoisotopic (exact) mass is 570 g/mol. The molecule has 0 heterocycles. The molecule has 2 aliphatic carbocycles. The SMILES string of the molecule is C=CCCC1CCC(C2CC=C(c3ccc(-c4ccc(-c5ccc(CCCCC)c(F)c5F)cc4)cc3F)CC2)CC1. The van der Waals surface area contributed by atoms with Crippen LogP contribution in [0.25, 0.3) is 27.8 Å². The van der Waals surface area contributed by atoms with Crippen molar-refractivity contribution in [1.82, 2.24) is 0 Å². The van der Waals surface area contributed by atoms with Crippen LogP contribution in [0.1, 0.15) is 95.1 Å². The summed E-state index contributed by atoms with van der Waals surface area (Å²) in [5.41, 5.74) is 4.76. The molecule has 2 aliphatic rings. The molecule has 0 radical (unpaired) electrons. The van der Waals surface area contributed by atoms with Gasteiger partial charge in [0.05, 0.1) is 0 Å². The van der Waals surface area contributed by atoms with Crippen molar-refractivity contribution < 1.29 is 13.2 Å². The average Bonchev–Trinajstić information content (AvgIpc) is 3.03. The van der Waals surface area contributed by atoms with Gasteiger partial charge in [-0.3, -0.25) is 0 Å². The number of hydrogen-bond acceptors (Lipinski definition) is 0. The van der Waals surface area contributed by atoms with E-state index in [1.165, 1.54) is 32.1 Å². The lowest BCUT2D eigenvalue weighted by molar-refractivity contribution is 0.190. The number of rotatable bonds is 11. The third-order valence-corrected chi connectivity index (χ3v) is 9.84. The fourth-order valence-electron chi connectivity index (χ4n) is 7.20. The van der Waals surface area contributed by atoms with Crippen LogP contribution in [0.2, 0.25) is 0 Å². The van der Waals surface area contributed by atoms with E-state index in [-0.39, 0.29) is 11.4 Å². The number of aryl methyl sites for hydroxylation is 1. The molecule has 0 saturated heterocycles. The molecule has 3 aromatic carbocycles. The van der Waals surface area contributed by atoms with Crippen molar-refractivity contribution >= 4 is 5.57 Å². The fourth-order valence-corrected chi connectivity index (χ4v) is 7.20. The second-order valence-corrected chi connectivity index (χ2v) is 12.5. The largest absolute Gasteiger partial charge is 0.206 e. The lowest BCUT2D eigenvalue weighted by atomic mass is 9.70. The van der Waals surface area contributed by atoms with Gasteiger partial charge in [-0.15, -0.1) is 6.58 Å². The number of benzene rings is 3. The predicted molar refractivity (Wildman–Crippen MR) is 171 cm³/mol. The van der Waals surface area contributed by atoms with Crippen LogP contribution >= 0.6 is 0 Å². The zero-order chi connectivity index (χ0) is 29.5. The molecule has 0 bridgehead atoms. The second kappa shape index (κ2) is 14.4. The lowest BCUT2D eigenvalue weighted by Gasteiger charge is -2.35. The third kappa shape index (κ3) is 7.10. The van der Waals surface area contributed by atoms with Crippen LogP contribution in [0.5, 0.6) is 0 Å². The van der Waals surface area contributed by atoms with Crippen molar-refractivity contribution in [2.24, 2.45) is 17.8 Å². The van der Waals surface area contributed by atoms with Crippen LogP contribution in [0.3, 0.4) is 0 Å². The van der Waals surface area contributed by atoms with E-state index in [9.17, 15) is 8.78 Å². The number of halogens is 3. The van der Waals surface area contributed by atoms with Crippen molar-refractivity contribution in [3.8, 4) is 22.3 Å². The van der Waals surface area contributed by atoms with E-state index in [0.717, 1.165) is 79.4 Å². The smallest absolute Gasteiger partial charge is 0.166 e. The standard InChI is InChI=1S/C39H45F3/c1-3-5-7-9-33-22-25-36(39(42)38(33)41)32-20-16-30(17-21-32)34-23-24-35(37(40)26-34)31-18-14-29(15-19-31)28-12-10-27(11-13-28)8-6-4-2/h4,16-18,20-29H,2-3,5-15,19H2,1H3. The minimum atomic E-state index is -0.800. The number of unbranched alkanes of at least 4 members (excludes halogenated alkanes) is 2. The van der Waals surface area contributed by atoms with E-state index in [4.69, 9.17) is 0 Å². The van der Waals surface area contributed by atoms with Crippen molar-refractivity contribution in [1.29, 1.82) is 0 Å². The highest BCUT2D eigenvalue weighted by atomic mass is 19.2. The van der Waals surface area contributed by atoms with Gasteiger partial charge >= 0.3 is 0 Å². The Balaban J connectivity index is 1.22. The molecule has 3 heteroatoms. The van der Waals surface area contributed by atoms with Crippen molar-refractivity contribution in [2.45, 2.75) is 90.4 Å². The van der Waals surface area contributed by atoms with Gasteiger partial charge in [-0.1, -0.05) is 93.3 Å². The Morgan fingerprint density at radius 3 is 2.14 bits per heavy atom. The maximum absolute atomic E-state index is 15.4. The summed E-state index contributed by atoms with van der Waals surface area (Å²) in [6.45, 7) is 5.96. The molecule has 42 heavy (non-hydrogen) atoms. The molecule has 1 fully saturated rings. The quantitative estimate of drug-likeness (QED) is 0.159. The lowest BCUT2D eigenvalue weighted by Crippen LogP contribution is -2.23. The van der Waals surface area contributed by atoms with Crippen LogP contribution in [-0.2, 0) is 6.42 Å². The molecular formula is C39H45F3. The van der Waals surface area contributed by atoms with Gasteiger partial charge in [-0.25, -0.2) is 13.2 Å². The van der Waals surface area contributed by atoms with Crippen molar-refractivity contribution in [3.05, 3.63) is 102 Å². The molecule has 1 atom stereocenters. The number of hydrogen-bond donors (Lipinski definition) is 0. The van der Waals surface area contributed by atoms with Crippen LogP contribution in [-0.4, -0.2) is 0 Å². The Morgan fingerprint density at radius 2 is 1.48 bits per heavy atom. The maximum atomic E-state index is 15.4. The zero-order valence-electron chi connectivity index (χ0n) is 25.1. The van der Waals surface area contributed by atoms with Gasteiger partial charge in [0.1, 0.15) is 5.82 Å². The zero-order valence-corrected chi connectivity index (χ0v) is 25.1. The van der Waals surface area contributed by atoms with Gasteiger partial charge in [-0.2, -0.15) is 0 Å². The molecule has 0 N–H and O–H groups in total. The van der Waals surface area contributed by atoms with E-state index >= 15 is 4.39 Å². The van der Waals surface area contributed by atoms with Gasteiger partial charge in [0.2, 0.25) is 0 Å². The van der Waals surface area contributed by atoms with E-state index in [1.807, 2.05) is 30.3 Å². The predicted octanol–water partition coefficient (Wildman–Crippen LogP) is 12.1. The summed E-state index contributed by atoms with van der Waals surface area (Å²) in [7, 11) is 0. The highest BCUT2D eigenvalue weighted by Crippen LogP contribution is 2.42. The summed E-state index contributed by atoms with van der Waals surface area (Å²) in [5.74, 6) is 0.660. The first-order valence-corrected chi connectivity index (χ1v) is 16.2. The van der Waals surface area contributed by atoms with Gasteiger partial charge in [0, 0.05) is 11.1 Å². The normalized spacial score (nSPS) is 20.8. The Kier molecular flexibility index (Phi) is 10.4. The minimum absolute atomic E-state index is 0.198. The molecule has 0 spiro atoms. The van der Waals surface area contributed by atoms with Crippen LogP contribution < -0.4 is 0 Å². The average molecular weight is 571 g/mol. The fraction of sp³-hybridized carbons (Fsp3) is 0.436. The Morgan fingerprint density at radius 1 is 0.762 bits per heavy atom. The van der Waals surface area contributed by atoms with Gasteiger partial charge in [0.25, 0.3) is 0 Å². The first-order valence-electron chi connectivity index (χ1n) is 16.2. The summed E-state index contributed by atoms with van der Waals surface area (Å²) >= 11 is 0. The molecule has 0 nitrogen and oxygen atoms in total. The first kappa shape index (κ1) is 30.4. The molecule has 5 rings (SSSR count). The van der Waals surface area contributed by atoms with Crippen LogP contribution in [0.15, 0.2) is 73.3 Å². The van der Waals surface area contributed by atoms with E-state index in [0.29, 0.717) is 23.1 Å².